The lowest BCUT2D eigenvalue weighted by Gasteiger charge is -2.20. The number of hydrogen-bond donors (Lipinski definition) is 1. The van der Waals surface area contributed by atoms with E-state index in [0.29, 0.717) is 5.15 Å². The zero-order chi connectivity index (χ0) is 14.8. The number of pyridine rings is 1. The molecule has 21 heavy (non-hydrogen) atoms. The van der Waals surface area contributed by atoms with Gasteiger partial charge < -0.3 is 10.1 Å². The van der Waals surface area contributed by atoms with E-state index in [1.165, 1.54) is 11.1 Å². The van der Waals surface area contributed by atoms with Gasteiger partial charge in [-0.25, -0.2) is 4.98 Å². The van der Waals surface area contributed by atoms with Crippen molar-refractivity contribution in [2.24, 2.45) is 0 Å². The molecule has 0 fully saturated rings. The fourth-order valence-corrected chi connectivity index (χ4v) is 2.84. The highest BCUT2D eigenvalue weighted by Gasteiger charge is 2.17. The Morgan fingerprint density at radius 2 is 2.24 bits per heavy atom. The van der Waals surface area contributed by atoms with Gasteiger partial charge in [0.15, 0.2) is 5.15 Å². The summed E-state index contributed by atoms with van der Waals surface area (Å²) >= 11 is 6.18. The van der Waals surface area contributed by atoms with Gasteiger partial charge in [-0.3, -0.25) is 0 Å². The maximum absolute atomic E-state index is 6.18. The third-order valence-electron chi connectivity index (χ3n) is 3.83. The molecule has 4 heteroatoms. The Labute approximate surface area is 130 Å². The summed E-state index contributed by atoms with van der Waals surface area (Å²) in [7, 11) is 0. The Balaban J connectivity index is 1.86. The van der Waals surface area contributed by atoms with E-state index < -0.39 is 0 Å². The molecule has 0 saturated carbocycles. The molecule has 1 aromatic carbocycles. The van der Waals surface area contributed by atoms with E-state index in [1.807, 2.05) is 13.0 Å². The van der Waals surface area contributed by atoms with Crippen LogP contribution in [0.2, 0.25) is 5.15 Å². The van der Waals surface area contributed by atoms with Crippen molar-refractivity contribution in [1.82, 2.24) is 4.98 Å². The SMILES string of the molecule is CCC(Nc1cc(C)cnc1Cl)c1ccc2c(c1)CCO2. The molecule has 2 heterocycles. The summed E-state index contributed by atoms with van der Waals surface area (Å²) in [6, 6.07) is 8.69. The predicted octanol–water partition coefficient (Wildman–Crippen LogP) is 4.54. The van der Waals surface area contributed by atoms with Crippen molar-refractivity contribution in [3.63, 3.8) is 0 Å². The molecule has 0 bridgehead atoms. The average Bonchev–Trinajstić information content (AvgIpc) is 2.95. The Bertz CT molecular complexity index is 657. The summed E-state index contributed by atoms with van der Waals surface area (Å²) in [6.45, 7) is 4.97. The van der Waals surface area contributed by atoms with Crippen LogP contribution in [0.1, 0.15) is 36.1 Å². The molecular weight excluding hydrogens is 284 g/mol. The molecule has 0 amide bonds. The number of aromatic nitrogens is 1. The molecule has 0 aliphatic carbocycles. The first-order valence-electron chi connectivity index (χ1n) is 7.31. The number of rotatable bonds is 4. The van der Waals surface area contributed by atoms with E-state index in [9.17, 15) is 0 Å². The van der Waals surface area contributed by atoms with Crippen LogP contribution in [-0.4, -0.2) is 11.6 Å². The van der Waals surface area contributed by atoms with Crippen molar-refractivity contribution >= 4 is 17.3 Å². The van der Waals surface area contributed by atoms with E-state index in [2.05, 4.69) is 35.4 Å². The molecule has 1 aliphatic rings. The molecule has 1 aliphatic heterocycles. The summed E-state index contributed by atoms with van der Waals surface area (Å²) < 4.78 is 5.57. The van der Waals surface area contributed by atoms with Gasteiger partial charge in [-0.1, -0.05) is 24.6 Å². The number of hydrogen-bond acceptors (Lipinski definition) is 3. The second-order valence-electron chi connectivity index (χ2n) is 5.42. The first-order valence-corrected chi connectivity index (χ1v) is 7.69. The van der Waals surface area contributed by atoms with Crippen LogP contribution in [0.4, 0.5) is 5.69 Å². The fraction of sp³-hybridized carbons (Fsp3) is 0.353. The molecule has 1 atom stereocenters. The Morgan fingerprint density at radius 3 is 3.05 bits per heavy atom. The Kier molecular flexibility index (Phi) is 4.02. The second-order valence-corrected chi connectivity index (χ2v) is 5.78. The molecule has 0 spiro atoms. The van der Waals surface area contributed by atoms with Crippen LogP contribution < -0.4 is 10.1 Å². The molecule has 0 saturated heterocycles. The van der Waals surface area contributed by atoms with Crippen LogP contribution in [0.25, 0.3) is 0 Å². The molecule has 3 nitrogen and oxygen atoms in total. The number of benzene rings is 1. The second kappa shape index (κ2) is 5.94. The van der Waals surface area contributed by atoms with Gasteiger partial charge in [0.25, 0.3) is 0 Å². The van der Waals surface area contributed by atoms with Gasteiger partial charge in [-0.2, -0.15) is 0 Å². The quantitative estimate of drug-likeness (QED) is 0.842. The predicted molar refractivity (Wildman–Crippen MR) is 86.3 cm³/mol. The summed E-state index contributed by atoms with van der Waals surface area (Å²) in [5, 5.41) is 4.03. The fourth-order valence-electron chi connectivity index (χ4n) is 2.69. The number of halogens is 1. The number of aryl methyl sites for hydroxylation is 1. The van der Waals surface area contributed by atoms with E-state index >= 15 is 0 Å². The molecule has 1 N–H and O–H groups in total. The summed E-state index contributed by atoms with van der Waals surface area (Å²) in [4.78, 5) is 4.20. The first-order chi connectivity index (χ1) is 10.2. The minimum atomic E-state index is 0.219. The Morgan fingerprint density at radius 1 is 1.38 bits per heavy atom. The molecule has 0 radical (unpaired) electrons. The van der Waals surface area contributed by atoms with Crippen molar-refractivity contribution in [3.05, 3.63) is 52.3 Å². The summed E-state index contributed by atoms with van der Waals surface area (Å²) in [5.41, 5.74) is 4.54. The smallest absolute Gasteiger partial charge is 0.152 e. The monoisotopic (exact) mass is 302 g/mol. The van der Waals surface area contributed by atoms with Crippen LogP contribution in [0.5, 0.6) is 5.75 Å². The van der Waals surface area contributed by atoms with Gasteiger partial charge in [0.05, 0.1) is 18.3 Å². The van der Waals surface area contributed by atoms with Crippen molar-refractivity contribution in [1.29, 1.82) is 0 Å². The average molecular weight is 303 g/mol. The molecular formula is C17H19ClN2O. The van der Waals surface area contributed by atoms with Crippen LogP contribution >= 0.6 is 11.6 Å². The summed E-state index contributed by atoms with van der Waals surface area (Å²) in [6.07, 6.45) is 3.75. The zero-order valence-corrected chi connectivity index (χ0v) is 13.1. The van der Waals surface area contributed by atoms with Gasteiger partial charge in [0.1, 0.15) is 5.75 Å². The van der Waals surface area contributed by atoms with Crippen LogP contribution in [0.15, 0.2) is 30.5 Å². The van der Waals surface area contributed by atoms with E-state index in [-0.39, 0.29) is 6.04 Å². The first kappa shape index (κ1) is 14.2. The van der Waals surface area contributed by atoms with E-state index in [0.717, 1.165) is 36.4 Å². The topological polar surface area (TPSA) is 34.2 Å². The lowest BCUT2D eigenvalue weighted by molar-refractivity contribution is 0.357. The zero-order valence-electron chi connectivity index (χ0n) is 12.3. The van der Waals surface area contributed by atoms with E-state index in [1.54, 1.807) is 6.20 Å². The van der Waals surface area contributed by atoms with Gasteiger partial charge >= 0.3 is 0 Å². The van der Waals surface area contributed by atoms with E-state index in [4.69, 9.17) is 16.3 Å². The van der Waals surface area contributed by atoms with Crippen molar-refractivity contribution in [2.45, 2.75) is 32.7 Å². The number of ether oxygens (including phenoxy) is 1. The molecule has 1 unspecified atom stereocenters. The number of fused-ring (bicyclic) bond motifs is 1. The normalized spacial score (nSPS) is 14.4. The molecule has 3 rings (SSSR count). The number of nitrogens with one attached hydrogen (secondary N) is 1. The maximum Gasteiger partial charge on any atom is 0.152 e. The third kappa shape index (κ3) is 2.98. The van der Waals surface area contributed by atoms with Crippen molar-refractivity contribution in [3.8, 4) is 5.75 Å². The lowest BCUT2D eigenvalue weighted by Crippen LogP contribution is -2.10. The van der Waals surface area contributed by atoms with Crippen molar-refractivity contribution in [2.75, 3.05) is 11.9 Å². The van der Waals surface area contributed by atoms with Gasteiger partial charge in [0.2, 0.25) is 0 Å². The largest absolute Gasteiger partial charge is 0.493 e. The van der Waals surface area contributed by atoms with Crippen molar-refractivity contribution < 1.29 is 4.74 Å². The van der Waals surface area contributed by atoms with Gasteiger partial charge in [0, 0.05) is 12.6 Å². The lowest BCUT2D eigenvalue weighted by atomic mass is 10.0. The molecule has 1 aromatic heterocycles. The highest BCUT2D eigenvalue weighted by Crippen LogP contribution is 2.32. The summed E-state index contributed by atoms with van der Waals surface area (Å²) in [5.74, 6) is 1.02. The number of anilines is 1. The van der Waals surface area contributed by atoms with Gasteiger partial charge in [-0.05, 0) is 48.2 Å². The van der Waals surface area contributed by atoms with Crippen LogP contribution in [0.3, 0.4) is 0 Å². The highest BCUT2D eigenvalue weighted by atomic mass is 35.5. The molecule has 2 aromatic rings. The Hall–Kier alpha value is -1.74. The molecule has 110 valence electrons. The van der Waals surface area contributed by atoms with Gasteiger partial charge in [-0.15, -0.1) is 0 Å². The highest BCUT2D eigenvalue weighted by molar-refractivity contribution is 6.32. The van der Waals surface area contributed by atoms with Crippen LogP contribution in [0, 0.1) is 6.92 Å². The maximum atomic E-state index is 6.18. The minimum Gasteiger partial charge on any atom is -0.493 e. The number of nitrogens with zero attached hydrogens (tertiary/aromatic N) is 1. The third-order valence-corrected chi connectivity index (χ3v) is 4.13. The standard InChI is InChI=1S/C17H19ClN2O/c1-3-14(20-15-8-11(2)10-19-17(15)18)12-4-5-16-13(9-12)6-7-21-16/h4-5,8-10,14,20H,3,6-7H2,1-2H3. The van der Waals surface area contributed by atoms with Crippen LogP contribution in [-0.2, 0) is 6.42 Å². The minimum absolute atomic E-state index is 0.219.